The number of carbonyl (C=O) groups excluding carboxylic acids is 1. The maximum absolute atomic E-state index is 13.2. The second-order valence-corrected chi connectivity index (χ2v) is 7.27. The minimum absolute atomic E-state index is 0.123. The molecule has 1 amide bonds. The van der Waals surface area contributed by atoms with Crippen molar-refractivity contribution in [2.75, 3.05) is 13.1 Å². The molecule has 6 nitrogen and oxygen atoms in total. The van der Waals surface area contributed by atoms with Gasteiger partial charge in [0.2, 0.25) is 0 Å². The van der Waals surface area contributed by atoms with Crippen molar-refractivity contribution in [2.24, 2.45) is 11.8 Å². The van der Waals surface area contributed by atoms with Gasteiger partial charge in [0.25, 0.3) is 5.91 Å². The monoisotopic (exact) mass is 393 g/mol. The molecule has 0 unspecified atom stereocenters. The first-order chi connectivity index (χ1) is 13.3. The number of carbonyl (C=O) groups is 2. The standard InChI is InChI=1S/C19H18F3N3O3/c20-19(21,22)15-10-24(9-14(15)18(27)28)17(26)13-8-23-25(16(13)11-6-7-11)12-4-2-1-3-5-12/h1-5,8,11,14-15H,6-7,9-10H2,(H,27,28)/t14-,15-/m1/s1. The zero-order valence-corrected chi connectivity index (χ0v) is 14.8. The van der Waals surface area contributed by atoms with Gasteiger partial charge >= 0.3 is 12.1 Å². The number of likely N-dealkylation sites (tertiary alicyclic amines) is 1. The minimum Gasteiger partial charge on any atom is -0.481 e. The molecular formula is C19H18F3N3O3. The molecule has 0 bridgehead atoms. The lowest BCUT2D eigenvalue weighted by Crippen LogP contribution is -2.34. The van der Waals surface area contributed by atoms with Crippen LogP contribution >= 0.6 is 0 Å². The van der Waals surface area contributed by atoms with E-state index in [0.717, 1.165) is 23.4 Å². The normalized spacial score (nSPS) is 22.5. The van der Waals surface area contributed by atoms with Crippen LogP contribution in [-0.2, 0) is 4.79 Å². The molecule has 1 aromatic carbocycles. The summed E-state index contributed by atoms with van der Waals surface area (Å²) in [5.74, 6) is -5.74. The van der Waals surface area contributed by atoms with Crippen LogP contribution in [0.15, 0.2) is 36.5 Å². The van der Waals surface area contributed by atoms with E-state index in [2.05, 4.69) is 5.10 Å². The van der Waals surface area contributed by atoms with Gasteiger partial charge < -0.3 is 10.0 Å². The number of carboxylic acids is 1. The summed E-state index contributed by atoms with van der Waals surface area (Å²) in [5.41, 5.74) is 1.69. The van der Waals surface area contributed by atoms with Crippen LogP contribution in [0, 0.1) is 11.8 Å². The van der Waals surface area contributed by atoms with Crippen LogP contribution < -0.4 is 0 Å². The van der Waals surface area contributed by atoms with Crippen LogP contribution in [0.25, 0.3) is 5.69 Å². The second-order valence-electron chi connectivity index (χ2n) is 7.27. The number of halogens is 3. The summed E-state index contributed by atoms with van der Waals surface area (Å²) in [6, 6.07) is 9.19. The number of amides is 1. The Hall–Kier alpha value is -2.84. The SMILES string of the molecule is O=C(O)[C@@H]1CN(C(=O)c2cnn(-c3ccccc3)c2C2CC2)C[C@H]1C(F)(F)F. The van der Waals surface area contributed by atoms with Crippen LogP contribution in [0.4, 0.5) is 13.2 Å². The van der Waals surface area contributed by atoms with Gasteiger partial charge in [-0.2, -0.15) is 18.3 Å². The zero-order valence-electron chi connectivity index (χ0n) is 14.8. The van der Waals surface area contributed by atoms with E-state index in [1.54, 1.807) is 4.68 Å². The van der Waals surface area contributed by atoms with E-state index in [-0.39, 0.29) is 11.5 Å². The Morgan fingerprint density at radius 2 is 1.79 bits per heavy atom. The predicted molar refractivity (Wildman–Crippen MR) is 92.1 cm³/mol. The first kappa shape index (κ1) is 18.5. The van der Waals surface area contributed by atoms with E-state index in [1.165, 1.54) is 6.20 Å². The fourth-order valence-corrected chi connectivity index (χ4v) is 3.77. The number of alkyl halides is 3. The molecule has 1 aliphatic heterocycles. The number of carboxylic acid groups (broad SMARTS) is 1. The number of para-hydroxylation sites is 1. The summed E-state index contributed by atoms with van der Waals surface area (Å²) in [4.78, 5) is 25.3. The molecule has 28 heavy (non-hydrogen) atoms. The summed E-state index contributed by atoms with van der Waals surface area (Å²) in [5, 5.41) is 13.5. The molecule has 4 rings (SSSR count). The fraction of sp³-hybridized carbons (Fsp3) is 0.421. The first-order valence-electron chi connectivity index (χ1n) is 8.99. The third kappa shape index (κ3) is 3.25. The summed E-state index contributed by atoms with van der Waals surface area (Å²) < 4.78 is 41.4. The van der Waals surface area contributed by atoms with Crippen molar-refractivity contribution < 1.29 is 27.9 Å². The van der Waals surface area contributed by atoms with Gasteiger partial charge in [-0.25, -0.2) is 4.68 Å². The average molecular weight is 393 g/mol. The van der Waals surface area contributed by atoms with Gasteiger partial charge in [-0.05, 0) is 25.0 Å². The van der Waals surface area contributed by atoms with Crippen LogP contribution in [0.3, 0.4) is 0 Å². The number of aromatic nitrogens is 2. The fourth-order valence-electron chi connectivity index (χ4n) is 3.77. The third-order valence-corrected chi connectivity index (χ3v) is 5.35. The number of nitrogens with zero attached hydrogens (tertiary/aromatic N) is 3. The van der Waals surface area contributed by atoms with Crippen LogP contribution in [0.5, 0.6) is 0 Å². The highest BCUT2D eigenvalue weighted by Gasteiger charge is 2.54. The Morgan fingerprint density at radius 3 is 2.32 bits per heavy atom. The van der Waals surface area contributed by atoms with Crippen LogP contribution in [-0.4, -0.2) is 50.9 Å². The molecule has 1 N–H and O–H groups in total. The molecule has 148 valence electrons. The number of hydrogen-bond donors (Lipinski definition) is 1. The van der Waals surface area contributed by atoms with Gasteiger partial charge in [0.05, 0.1) is 35.0 Å². The van der Waals surface area contributed by atoms with Gasteiger partial charge in [-0.15, -0.1) is 0 Å². The molecule has 2 atom stereocenters. The van der Waals surface area contributed by atoms with Crippen molar-refractivity contribution in [3.05, 3.63) is 47.8 Å². The van der Waals surface area contributed by atoms with E-state index in [4.69, 9.17) is 5.11 Å². The lowest BCUT2D eigenvalue weighted by Gasteiger charge is -2.18. The highest BCUT2D eigenvalue weighted by atomic mass is 19.4. The molecule has 0 radical (unpaired) electrons. The summed E-state index contributed by atoms with van der Waals surface area (Å²) in [6.07, 6.45) is -1.55. The largest absolute Gasteiger partial charge is 0.481 e. The molecule has 2 fully saturated rings. The number of rotatable bonds is 4. The van der Waals surface area contributed by atoms with Crippen molar-refractivity contribution in [3.8, 4) is 5.69 Å². The lowest BCUT2D eigenvalue weighted by molar-refractivity contribution is -0.187. The van der Waals surface area contributed by atoms with E-state index in [0.29, 0.717) is 5.69 Å². The summed E-state index contributed by atoms with van der Waals surface area (Å²) in [7, 11) is 0. The van der Waals surface area contributed by atoms with Crippen molar-refractivity contribution in [1.29, 1.82) is 0 Å². The Balaban J connectivity index is 1.66. The number of benzene rings is 1. The lowest BCUT2D eigenvalue weighted by atomic mass is 9.96. The smallest absolute Gasteiger partial charge is 0.394 e. The molecule has 2 heterocycles. The molecular weight excluding hydrogens is 375 g/mol. The first-order valence-corrected chi connectivity index (χ1v) is 8.99. The molecule has 1 saturated carbocycles. The zero-order chi connectivity index (χ0) is 20.1. The molecule has 1 saturated heterocycles. The Labute approximate surface area is 158 Å². The Bertz CT molecular complexity index is 906. The van der Waals surface area contributed by atoms with Crippen LogP contribution in [0.1, 0.15) is 34.8 Å². The molecule has 2 aromatic rings. The highest BCUT2D eigenvalue weighted by Crippen LogP contribution is 2.44. The highest BCUT2D eigenvalue weighted by molar-refractivity contribution is 5.96. The van der Waals surface area contributed by atoms with Crippen LogP contribution in [0.2, 0.25) is 0 Å². The molecule has 2 aliphatic rings. The third-order valence-electron chi connectivity index (χ3n) is 5.35. The van der Waals surface area contributed by atoms with E-state index < -0.39 is 43.0 Å². The summed E-state index contributed by atoms with van der Waals surface area (Å²) in [6.45, 7) is -1.11. The quantitative estimate of drug-likeness (QED) is 0.866. The molecule has 1 aromatic heterocycles. The Kier molecular flexibility index (Phi) is 4.40. The van der Waals surface area contributed by atoms with E-state index >= 15 is 0 Å². The maximum atomic E-state index is 13.2. The minimum atomic E-state index is -4.67. The van der Waals surface area contributed by atoms with E-state index in [1.807, 2.05) is 30.3 Å². The molecule has 0 spiro atoms. The van der Waals surface area contributed by atoms with Gasteiger partial charge in [-0.3, -0.25) is 9.59 Å². The average Bonchev–Trinajstić information content (AvgIpc) is 3.21. The van der Waals surface area contributed by atoms with Crippen molar-refractivity contribution >= 4 is 11.9 Å². The molecule has 9 heteroatoms. The Morgan fingerprint density at radius 1 is 1.11 bits per heavy atom. The van der Waals surface area contributed by atoms with Crippen molar-refractivity contribution in [1.82, 2.24) is 14.7 Å². The predicted octanol–water partition coefficient (Wildman–Crippen LogP) is 3.08. The van der Waals surface area contributed by atoms with E-state index in [9.17, 15) is 22.8 Å². The maximum Gasteiger partial charge on any atom is 0.394 e. The van der Waals surface area contributed by atoms with Crippen molar-refractivity contribution in [3.63, 3.8) is 0 Å². The van der Waals surface area contributed by atoms with Crippen molar-refractivity contribution in [2.45, 2.75) is 24.9 Å². The van der Waals surface area contributed by atoms with Gasteiger partial charge in [0, 0.05) is 19.0 Å². The molecule has 1 aliphatic carbocycles. The second kappa shape index (κ2) is 6.65. The summed E-state index contributed by atoms with van der Waals surface area (Å²) >= 11 is 0. The topological polar surface area (TPSA) is 75.4 Å². The van der Waals surface area contributed by atoms with Gasteiger partial charge in [0.1, 0.15) is 0 Å². The number of hydrogen-bond acceptors (Lipinski definition) is 3. The van der Waals surface area contributed by atoms with Gasteiger partial charge in [-0.1, -0.05) is 18.2 Å². The van der Waals surface area contributed by atoms with Gasteiger partial charge in [0.15, 0.2) is 0 Å². The number of aliphatic carboxylic acids is 1.